The third kappa shape index (κ3) is 5.27. The molecule has 0 aliphatic carbocycles. The van der Waals surface area contributed by atoms with E-state index in [1.165, 1.54) is 4.90 Å². The van der Waals surface area contributed by atoms with Crippen molar-refractivity contribution in [3.63, 3.8) is 0 Å². The lowest BCUT2D eigenvalue weighted by atomic mass is 10.2. The summed E-state index contributed by atoms with van der Waals surface area (Å²) in [6, 6.07) is 7.22. The third-order valence-corrected chi connectivity index (χ3v) is 2.70. The maximum absolute atomic E-state index is 11.8. The largest absolute Gasteiger partial charge is 0.484 e. The van der Waals surface area contributed by atoms with Gasteiger partial charge in [-0.2, -0.15) is 0 Å². The van der Waals surface area contributed by atoms with Crippen LogP contribution in [-0.4, -0.2) is 43.5 Å². The van der Waals surface area contributed by atoms with E-state index < -0.39 is 0 Å². The molecule has 0 bridgehead atoms. The fraction of sp³-hybridized carbons (Fsp3) is 0.429. The van der Waals surface area contributed by atoms with E-state index in [4.69, 9.17) is 10.5 Å². The lowest BCUT2D eigenvalue weighted by Gasteiger charge is -2.16. The second kappa shape index (κ2) is 8.16. The minimum absolute atomic E-state index is 0.0299. The highest BCUT2D eigenvalue weighted by molar-refractivity contribution is 5.85. The van der Waals surface area contributed by atoms with Crippen molar-refractivity contribution in [2.24, 2.45) is 5.73 Å². The zero-order valence-corrected chi connectivity index (χ0v) is 11.9. The predicted octanol–water partition coefficient (Wildman–Crippen LogP) is 0.119. The van der Waals surface area contributed by atoms with Gasteiger partial charge in [0, 0.05) is 20.1 Å². The van der Waals surface area contributed by atoms with Gasteiger partial charge in [0.15, 0.2) is 6.61 Å². The highest BCUT2D eigenvalue weighted by Crippen LogP contribution is 2.11. The van der Waals surface area contributed by atoms with Gasteiger partial charge in [-0.25, -0.2) is 0 Å². The lowest BCUT2D eigenvalue weighted by molar-refractivity contribution is -0.136. The zero-order chi connectivity index (χ0) is 15.0. The summed E-state index contributed by atoms with van der Waals surface area (Å²) < 4.78 is 5.37. The molecule has 1 aromatic carbocycles. The van der Waals surface area contributed by atoms with E-state index >= 15 is 0 Å². The Hall–Kier alpha value is -2.08. The second-order valence-electron chi connectivity index (χ2n) is 4.34. The predicted molar refractivity (Wildman–Crippen MR) is 76.1 cm³/mol. The number of ether oxygens (including phenoxy) is 1. The molecule has 0 saturated carbocycles. The van der Waals surface area contributed by atoms with Crippen LogP contribution in [0.2, 0.25) is 0 Å². The van der Waals surface area contributed by atoms with Crippen LogP contribution in [0.25, 0.3) is 0 Å². The molecule has 0 heterocycles. The molecule has 0 radical (unpaired) electrons. The van der Waals surface area contributed by atoms with Crippen molar-refractivity contribution in [1.82, 2.24) is 10.2 Å². The number of amides is 2. The summed E-state index contributed by atoms with van der Waals surface area (Å²) in [5.74, 6) is 0.164. The van der Waals surface area contributed by atoms with Gasteiger partial charge in [-0.15, -0.1) is 0 Å². The Labute approximate surface area is 118 Å². The van der Waals surface area contributed by atoms with Crippen molar-refractivity contribution >= 4 is 11.8 Å². The lowest BCUT2D eigenvalue weighted by Crippen LogP contribution is -2.40. The minimum atomic E-state index is -0.251. The SMILES string of the molecule is CCNC(=O)CN(C)C(=O)COc1ccc(CN)cc1. The molecule has 0 aliphatic rings. The molecule has 1 rings (SSSR count). The molecule has 1 aromatic rings. The van der Waals surface area contributed by atoms with Crippen molar-refractivity contribution in [2.45, 2.75) is 13.5 Å². The van der Waals surface area contributed by atoms with Gasteiger partial charge in [0.1, 0.15) is 5.75 Å². The molecule has 6 nitrogen and oxygen atoms in total. The molecule has 0 atom stereocenters. The van der Waals surface area contributed by atoms with Crippen LogP contribution in [0.4, 0.5) is 0 Å². The molecule has 0 saturated heterocycles. The minimum Gasteiger partial charge on any atom is -0.484 e. The van der Waals surface area contributed by atoms with Gasteiger partial charge < -0.3 is 20.7 Å². The molecule has 20 heavy (non-hydrogen) atoms. The molecule has 0 fully saturated rings. The highest BCUT2D eigenvalue weighted by atomic mass is 16.5. The summed E-state index contributed by atoms with van der Waals surface area (Å²) in [5, 5.41) is 2.63. The Morgan fingerprint density at radius 1 is 1.30 bits per heavy atom. The summed E-state index contributed by atoms with van der Waals surface area (Å²) in [6.07, 6.45) is 0. The van der Waals surface area contributed by atoms with E-state index in [1.54, 1.807) is 19.2 Å². The van der Waals surface area contributed by atoms with Gasteiger partial charge in [0.2, 0.25) is 5.91 Å². The van der Waals surface area contributed by atoms with Crippen LogP contribution < -0.4 is 15.8 Å². The average Bonchev–Trinajstić information content (AvgIpc) is 2.45. The molecule has 3 N–H and O–H groups in total. The van der Waals surface area contributed by atoms with Crippen LogP contribution in [0.3, 0.4) is 0 Å². The Morgan fingerprint density at radius 3 is 2.50 bits per heavy atom. The zero-order valence-electron chi connectivity index (χ0n) is 11.9. The maximum atomic E-state index is 11.8. The van der Waals surface area contributed by atoms with Crippen LogP contribution in [0, 0.1) is 0 Å². The summed E-state index contributed by atoms with van der Waals surface area (Å²) in [6.45, 7) is 2.77. The van der Waals surface area contributed by atoms with Crippen molar-refractivity contribution in [3.8, 4) is 5.75 Å². The molecule has 0 unspecified atom stereocenters. The van der Waals surface area contributed by atoms with Crippen molar-refractivity contribution in [3.05, 3.63) is 29.8 Å². The first-order valence-electron chi connectivity index (χ1n) is 6.49. The number of hydrogen-bond acceptors (Lipinski definition) is 4. The number of nitrogens with zero attached hydrogens (tertiary/aromatic N) is 1. The summed E-state index contributed by atoms with van der Waals surface area (Å²) in [7, 11) is 1.57. The Morgan fingerprint density at radius 2 is 1.95 bits per heavy atom. The number of hydrogen-bond donors (Lipinski definition) is 2. The van der Waals surface area contributed by atoms with Crippen LogP contribution >= 0.6 is 0 Å². The third-order valence-electron chi connectivity index (χ3n) is 2.70. The van der Waals surface area contributed by atoms with Crippen molar-refractivity contribution in [2.75, 3.05) is 26.7 Å². The molecule has 0 spiro atoms. The number of benzene rings is 1. The Balaban J connectivity index is 2.39. The maximum Gasteiger partial charge on any atom is 0.260 e. The van der Waals surface area contributed by atoms with Crippen molar-refractivity contribution in [1.29, 1.82) is 0 Å². The summed E-state index contributed by atoms with van der Waals surface area (Å²) in [5.41, 5.74) is 6.49. The quantitative estimate of drug-likeness (QED) is 0.742. The Bertz CT molecular complexity index is 445. The van der Waals surface area contributed by atoms with Gasteiger partial charge in [0.25, 0.3) is 5.91 Å². The van der Waals surface area contributed by atoms with E-state index in [-0.39, 0.29) is 25.0 Å². The van der Waals surface area contributed by atoms with E-state index in [2.05, 4.69) is 5.32 Å². The number of rotatable bonds is 7. The molecular weight excluding hydrogens is 258 g/mol. The molecule has 6 heteroatoms. The topological polar surface area (TPSA) is 84.7 Å². The molecule has 110 valence electrons. The standard InChI is InChI=1S/C14H21N3O3/c1-3-16-13(18)9-17(2)14(19)10-20-12-6-4-11(8-15)5-7-12/h4-7H,3,8-10,15H2,1-2H3,(H,16,18). The fourth-order valence-corrected chi connectivity index (χ4v) is 1.53. The normalized spacial score (nSPS) is 9.95. The number of carbonyl (C=O) groups excluding carboxylic acids is 2. The first kappa shape index (κ1) is 16.0. The molecule has 0 aliphatic heterocycles. The summed E-state index contributed by atoms with van der Waals surface area (Å²) >= 11 is 0. The van der Waals surface area contributed by atoms with E-state index in [0.29, 0.717) is 18.8 Å². The van der Waals surface area contributed by atoms with Gasteiger partial charge in [-0.05, 0) is 24.6 Å². The number of likely N-dealkylation sites (N-methyl/N-ethyl adjacent to an activating group) is 2. The van der Waals surface area contributed by atoms with Gasteiger partial charge in [-0.1, -0.05) is 12.1 Å². The number of carbonyl (C=O) groups is 2. The molecule has 0 aromatic heterocycles. The van der Waals surface area contributed by atoms with E-state index in [0.717, 1.165) is 5.56 Å². The monoisotopic (exact) mass is 279 g/mol. The van der Waals surface area contributed by atoms with Gasteiger partial charge >= 0.3 is 0 Å². The van der Waals surface area contributed by atoms with Crippen molar-refractivity contribution < 1.29 is 14.3 Å². The van der Waals surface area contributed by atoms with Gasteiger partial charge in [-0.3, -0.25) is 9.59 Å². The van der Waals surface area contributed by atoms with Crippen LogP contribution in [0.1, 0.15) is 12.5 Å². The van der Waals surface area contributed by atoms with Crippen LogP contribution in [0.15, 0.2) is 24.3 Å². The number of nitrogens with one attached hydrogen (secondary N) is 1. The molecule has 2 amide bonds. The van der Waals surface area contributed by atoms with E-state index in [9.17, 15) is 9.59 Å². The number of nitrogens with two attached hydrogens (primary N) is 1. The van der Waals surface area contributed by atoms with Crippen LogP contribution in [0.5, 0.6) is 5.75 Å². The second-order valence-corrected chi connectivity index (χ2v) is 4.34. The Kier molecular flexibility index (Phi) is 6.52. The highest BCUT2D eigenvalue weighted by Gasteiger charge is 2.12. The molecular formula is C14H21N3O3. The van der Waals surface area contributed by atoms with Gasteiger partial charge in [0.05, 0.1) is 6.54 Å². The average molecular weight is 279 g/mol. The first-order chi connectivity index (χ1) is 9.56. The van der Waals surface area contributed by atoms with E-state index in [1.807, 2.05) is 19.1 Å². The van der Waals surface area contributed by atoms with Crippen LogP contribution in [-0.2, 0) is 16.1 Å². The first-order valence-corrected chi connectivity index (χ1v) is 6.49. The fourth-order valence-electron chi connectivity index (χ4n) is 1.53. The summed E-state index contributed by atoms with van der Waals surface area (Å²) in [4.78, 5) is 24.5. The smallest absolute Gasteiger partial charge is 0.260 e.